The summed E-state index contributed by atoms with van der Waals surface area (Å²) >= 11 is 1.19. The van der Waals surface area contributed by atoms with E-state index in [1.54, 1.807) is 12.1 Å². The van der Waals surface area contributed by atoms with Crippen molar-refractivity contribution in [2.75, 3.05) is 13.1 Å². The molecule has 1 saturated carbocycles. The van der Waals surface area contributed by atoms with E-state index in [0.717, 1.165) is 11.6 Å². The Hall–Kier alpha value is -3.14. The molecule has 2 amide bonds. The molecule has 2 aromatic carbocycles. The van der Waals surface area contributed by atoms with Crippen LogP contribution in [0.1, 0.15) is 41.6 Å². The van der Waals surface area contributed by atoms with E-state index in [2.05, 4.69) is 10.6 Å². The van der Waals surface area contributed by atoms with E-state index in [1.807, 2.05) is 0 Å². The van der Waals surface area contributed by atoms with Crippen molar-refractivity contribution in [2.24, 2.45) is 5.92 Å². The molecule has 3 N–H and O–H groups in total. The number of fused-ring (bicyclic) bond motifs is 1. The van der Waals surface area contributed by atoms with Crippen LogP contribution in [0.2, 0.25) is 0 Å². The first kappa shape index (κ1) is 25.0. The molecule has 0 bridgehead atoms. The number of carboxylic acids is 1. The average Bonchev–Trinajstić information content (AvgIpc) is 3.28. The van der Waals surface area contributed by atoms with Gasteiger partial charge in [0.05, 0.1) is 22.8 Å². The van der Waals surface area contributed by atoms with Gasteiger partial charge in [0.25, 0.3) is 5.91 Å². The molecule has 1 aliphatic carbocycles. The first-order valence-corrected chi connectivity index (χ1v) is 12.4. The number of hydrogen-bond donors (Lipinski definition) is 3. The molecule has 0 saturated heterocycles. The smallest absolute Gasteiger partial charge is 0.306 e. The van der Waals surface area contributed by atoms with Crippen molar-refractivity contribution in [2.45, 2.75) is 48.4 Å². The maximum Gasteiger partial charge on any atom is 0.306 e. The van der Waals surface area contributed by atoms with Crippen LogP contribution in [0.25, 0.3) is 0 Å². The monoisotopic (exact) mass is 504 g/mol. The molecule has 0 radical (unpaired) electrons. The van der Waals surface area contributed by atoms with Gasteiger partial charge < -0.3 is 20.5 Å². The Kier molecular flexibility index (Phi) is 7.90. The van der Waals surface area contributed by atoms with Crippen LogP contribution < -0.4 is 15.4 Å². The van der Waals surface area contributed by atoms with E-state index in [0.29, 0.717) is 37.0 Å². The zero-order valence-electron chi connectivity index (χ0n) is 18.9. The highest BCUT2D eigenvalue weighted by atomic mass is 32.2. The highest BCUT2D eigenvalue weighted by molar-refractivity contribution is 8.01. The number of carbonyl (C=O) groups is 3. The SMILES string of the molecule is O=C(NCCNC(=O)C1Cc2cccc(F)c2S1)c1ccc(O[C@H]2CC[C@@H](C(=O)O)CC2)cc1F. The molecule has 0 aromatic heterocycles. The third-order valence-electron chi connectivity index (χ3n) is 6.23. The number of amides is 2. The van der Waals surface area contributed by atoms with Gasteiger partial charge in [-0.15, -0.1) is 11.8 Å². The summed E-state index contributed by atoms with van der Waals surface area (Å²) in [5, 5.41) is 13.9. The van der Waals surface area contributed by atoms with Crippen LogP contribution in [0.5, 0.6) is 5.75 Å². The standard InChI is InChI=1S/C25H26F2N2O5S/c26-19-3-1-2-15-12-21(35-22(15)19)24(31)29-11-10-28-23(30)18-9-8-17(13-20(18)27)34-16-6-4-14(5-7-16)25(32)33/h1-3,8-9,13-14,16,21H,4-7,10-12H2,(H,28,30)(H,29,31)(H,32,33)/t14-,16+,21?. The summed E-state index contributed by atoms with van der Waals surface area (Å²) in [4.78, 5) is 36.3. The van der Waals surface area contributed by atoms with Crippen LogP contribution in [0.4, 0.5) is 8.78 Å². The van der Waals surface area contributed by atoms with Crippen molar-refractivity contribution in [3.8, 4) is 5.75 Å². The topological polar surface area (TPSA) is 105 Å². The summed E-state index contributed by atoms with van der Waals surface area (Å²) in [6.07, 6.45) is 2.44. The summed E-state index contributed by atoms with van der Waals surface area (Å²) in [5.41, 5.74) is 0.662. The summed E-state index contributed by atoms with van der Waals surface area (Å²) in [7, 11) is 0. The first-order chi connectivity index (χ1) is 16.8. The predicted molar refractivity (Wildman–Crippen MR) is 126 cm³/mol. The number of aliphatic carboxylic acids is 1. The average molecular weight is 505 g/mol. The Bertz CT molecular complexity index is 1120. The molecule has 1 fully saturated rings. The zero-order valence-corrected chi connectivity index (χ0v) is 19.7. The van der Waals surface area contributed by atoms with Crippen molar-refractivity contribution in [3.63, 3.8) is 0 Å². The van der Waals surface area contributed by atoms with Crippen molar-refractivity contribution in [1.82, 2.24) is 10.6 Å². The van der Waals surface area contributed by atoms with Gasteiger partial charge >= 0.3 is 5.97 Å². The van der Waals surface area contributed by atoms with Gasteiger partial charge in [-0.1, -0.05) is 12.1 Å². The number of benzene rings is 2. The summed E-state index contributed by atoms with van der Waals surface area (Å²) in [5.74, 6) is -2.80. The molecule has 35 heavy (non-hydrogen) atoms. The molecule has 1 unspecified atom stereocenters. The molecule has 2 aliphatic rings. The van der Waals surface area contributed by atoms with Crippen molar-refractivity contribution in [3.05, 3.63) is 59.2 Å². The van der Waals surface area contributed by atoms with Crippen LogP contribution in [-0.2, 0) is 16.0 Å². The number of carboxylic acid groups (broad SMARTS) is 1. The molecule has 1 atom stereocenters. The second kappa shape index (κ2) is 11.1. The summed E-state index contributed by atoms with van der Waals surface area (Å²) in [6, 6.07) is 8.78. The minimum Gasteiger partial charge on any atom is -0.490 e. The molecule has 0 spiro atoms. The second-order valence-electron chi connectivity index (χ2n) is 8.66. The van der Waals surface area contributed by atoms with Gasteiger partial charge in [0, 0.05) is 24.1 Å². The highest BCUT2D eigenvalue weighted by Gasteiger charge is 2.30. The lowest BCUT2D eigenvalue weighted by Gasteiger charge is -2.26. The van der Waals surface area contributed by atoms with E-state index in [9.17, 15) is 23.2 Å². The van der Waals surface area contributed by atoms with Gasteiger partial charge in [-0.05, 0) is 55.9 Å². The van der Waals surface area contributed by atoms with Gasteiger partial charge in [0.15, 0.2) is 0 Å². The minimum absolute atomic E-state index is 0.105. The van der Waals surface area contributed by atoms with E-state index >= 15 is 0 Å². The van der Waals surface area contributed by atoms with Gasteiger partial charge in [-0.2, -0.15) is 0 Å². The minimum atomic E-state index is -0.803. The number of hydrogen-bond acceptors (Lipinski definition) is 5. The lowest BCUT2D eigenvalue weighted by atomic mass is 9.87. The number of ether oxygens (including phenoxy) is 1. The molecule has 2 aromatic rings. The lowest BCUT2D eigenvalue weighted by molar-refractivity contribution is -0.143. The largest absolute Gasteiger partial charge is 0.490 e. The molecule has 4 rings (SSSR count). The Balaban J connectivity index is 1.20. The molecule has 7 nitrogen and oxygen atoms in total. The number of carbonyl (C=O) groups excluding carboxylic acids is 2. The first-order valence-electron chi connectivity index (χ1n) is 11.5. The van der Waals surface area contributed by atoms with Gasteiger partial charge in [-0.3, -0.25) is 14.4 Å². The summed E-state index contributed by atoms with van der Waals surface area (Å²) < 4.78 is 34.1. The predicted octanol–water partition coefficient (Wildman–Crippen LogP) is 3.55. The third-order valence-corrected chi connectivity index (χ3v) is 7.59. The van der Waals surface area contributed by atoms with Gasteiger partial charge in [0.1, 0.15) is 17.4 Å². The molecular formula is C25H26F2N2O5S. The lowest BCUT2D eigenvalue weighted by Crippen LogP contribution is -2.38. The zero-order chi connectivity index (χ0) is 24.9. The number of rotatable bonds is 8. The number of thioether (sulfide) groups is 1. The van der Waals surface area contributed by atoms with Gasteiger partial charge in [-0.25, -0.2) is 8.78 Å². The quantitative estimate of drug-likeness (QED) is 0.475. The van der Waals surface area contributed by atoms with Crippen LogP contribution in [0.3, 0.4) is 0 Å². The van der Waals surface area contributed by atoms with Crippen molar-refractivity contribution in [1.29, 1.82) is 0 Å². The molecule has 1 aliphatic heterocycles. The van der Waals surface area contributed by atoms with E-state index in [1.165, 1.54) is 30.0 Å². The van der Waals surface area contributed by atoms with Crippen LogP contribution in [-0.4, -0.2) is 47.3 Å². The highest BCUT2D eigenvalue weighted by Crippen LogP contribution is 2.38. The van der Waals surface area contributed by atoms with Crippen LogP contribution >= 0.6 is 11.8 Å². The fourth-order valence-electron chi connectivity index (χ4n) is 4.32. The van der Waals surface area contributed by atoms with E-state index < -0.39 is 22.9 Å². The molecular weight excluding hydrogens is 478 g/mol. The Morgan fingerprint density at radius 3 is 2.43 bits per heavy atom. The van der Waals surface area contributed by atoms with Gasteiger partial charge in [0.2, 0.25) is 5.91 Å². The number of nitrogens with one attached hydrogen (secondary N) is 2. The summed E-state index contributed by atoms with van der Waals surface area (Å²) in [6.45, 7) is 0.260. The fourth-order valence-corrected chi connectivity index (χ4v) is 5.54. The number of halogens is 2. The molecule has 186 valence electrons. The molecule has 1 heterocycles. The Morgan fingerprint density at radius 2 is 1.74 bits per heavy atom. The van der Waals surface area contributed by atoms with E-state index in [4.69, 9.17) is 9.84 Å². The van der Waals surface area contributed by atoms with Crippen molar-refractivity contribution < 1.29 is 33.0 Å². The fraction of sp³-hybridized carbons (Fsp3) is 0.400. The Morgan fingerprint density at radius 1 is 1.00 bits per heavy atom. The molecule has 10 heteroatoms. The normalized spacial score (nSPS) is 21.1. The van der Waals surface area contributed by atoms with Crippen LogP contribution in [0, 0.1) is 17.6 Å². The van der Waals surface area contributed by atoms with Crippen molar-refractivity contribution >= 4 is 29.5 Å². The maximum atomic E-state index is 14.5. The Labute approximate surface area is 205 Å². The maximum absolute atomic E-state index is 14.5. The second-order valence-corrected chi connectivity index (χ2v) is 9.87. The van der Waals surface area contributed by atoms with E-state index in [-0.39, 0.29) is 48.1 Å². The third kappa shape index (κ3) is 6.11. The van der Waals surface area contributed by atoms with Crippen LogP contribution in [0.15, 0.2) is 41.3 Å².